The predicted octanol–water partition coefficient (Wildman–Crippen LogP) is 6.88. The Hall–Kier alpha value is -5.57. The van der Waals surface area contributed by atoms with Gasteiger partial charge in [-0.25, -0.2) is 9.59 Å². The Morgan fingerprint density at radius 1 is 1.10 bits per heavy atom. The van der Waals surface area contributed by atoms with Crippen LogP contribution in [0.15, 0.2) is 54.6 Å². The van der Waals surface area contributed by atoms with Gasteiger partial charge in [-0.15, -0.1) is 22.9 Å². The third-order valence-electron chi connectivity index (χ3n) is 9.41. The number of piperazine rings is 1. The standard InChI is InChI=1S/C37H36ClN7O6S/c1-4-25-21(7-8-39-34(46)27-15-22-13-24(40-36(48)49)5-6-26(22)42-27)14-28(41-25)35(47)45-18-23(17-38)32-29(45)16-30(33-31(32)20(2)19-52-33)51-37(50)44-11-9-43(3)10-12-44/h4-8,13-16,19,23,40-42H,1,9-12,17-18H2,2-3H3,(H,39,46)(H,48,49)/b8-7+. The number of carbonyl (C=O) groups is 4. The highest BCUT2D eigenvalue weighted by atomic mass is 35.5. The van der Waals surface area contributed by atoms with Gasteiger partial charge in [-0.3, -0.25) is 14.9 Å². The van der Waals surface area contributed by atoms with E-state index in [9.17, 15) is 19.2 Å². The number of likely N-dealkylation sites (N-methyl/N-ethyl adjacent to an activating group) is 1. The molecule has 268 valence electrons. The number of amides is 4. The largest absolute Gasteiger partial charge is 0.465 e. The number of anilines is 2. The van der Waals surface area contributed by atoms with Gasteiger partial charge in [0.25, 0.3) is 11.8 Å². The molecule has 5 N–H and O–H groups in total. The van der Waals surface area contributed by atoms with Crippen LogP contribution in [0, 0.1) is 6.92 Å². The van der Waals surface area contributed by atoms with Gasteiger partial charge in [-0.05, 0) is 73.0 Å². The molecule has 0 bridgehead atoms. The Morgan fingerprint density at radius 2 is 1.88 bits per heavy atom. The minimum Gasteiger partial charge on any atom is -0.465 e. The number of carbonyl (C=O) groups excluding carboxylic acids is 3. The molecule has 0 aliphatic carbocycles. The zero-order valence-electron chi connectivity index (χ0n) is 28.4. The van der Waals surface area contributed by atoms with E-state index in [1.807, 2.05) is 19.4 Å². The van der Waals surface area contributed by atoms with E-state index in [1.165, 1.54) is 17.5 Å². The third kappa shape index (κ3) is 6.63. The number of aromatic amines is 2. The lowest BCUT2D eigenvalue weighted by Crippen LogP contribution is -2.48. The number of alkyl halides is 1. The Morgan fingerprint density at radius 3 is 2.62 bits per heavy atom. The zero-order valence-corrected chi connectivity index (χ0v) is 30.0. The van der Waals surface area contributed by atoms with Crippen LogP contribution in [0.2, 0.25) is 0 Å². The minimum absolute atomic E-state index is 0.133. The number of nitrogens with zero attached hydrogens (tertiary/aromatic N) is 3. The highest BCUT2D eigenvalue weighted by Crippen LogP contribution is 2.49. The number of hydrogen-bond acceptors (Lipinski definition) is 7. The van der Waals surface area contributed by atoms with Gasteiger partial charge in [-0.2, -0.15) is 0 Å². The fourth-order valence-corrected chi connectivity index (χ4v) is 8.01. The molecule has 0 saturated carbocycles. The molecule has 13 nitrogen and oxygen atoms in total. The van der Waals surface area contributed by atoms with Crippen LogP contribution >= 0.6 is 22.9 Å². The van der Waals surface area contributed by atoms with E-state index >= 15 is 0 Å². The molecule has 7 rings (SSSR count). The average Bonchev–Trinajstić information content (AvgIpc) is 3.91. The fraction of sp³-hybridized carbons (Fsp3) is 0.243. The molecular weight excluding hydrogens is 706 g/mol. The summed E-state index contributed by atoms with van der Waals surface area (Å²) in [6.45, 7) is 8.91. The van der Waals surface area contributed by atoms with Gasteiger partial charge in [0.1, 0.15) is 11.4 Å². The number of fused-ring (bicyclic) bond motifs is 4. The van der Waals surface area contributed by atoms with Crippen LogP contribution in [-0.2, 0) is 0 Å². The monoisotopic (exact) mass is 741 g/mol. The van der Waals surface area contributed by atoms with Crippen molar-refractivity contribution in [3.63, 3.8) is 0 Å². The van der Waals surface area contributed by atoms with Crippen LogP contribution in [0.25, 0.3) is 33.1 Å². The van der Waals surface area contributed by atoms with Crippen molar-refractivity contribution in [2.24, 2.45) is 0 Å². The summed E-state index contributed by atoms with van der Waals surface area (Å²) in [5.41, 5.74) is 5.48. The van der Waals surface area contributed by atoms with Crippen LogP contribution in [0.5, 0.6) is 5.75 Å². The molecule has 2 aliphatic rings. The van der Waals surface area contributed by atoms with Crippen molar-refractivity contribution in [2.75, 3.05) is 55.9 Å². The van der Waals surface area contributed by atoms with Gasteiger partial charge in [0, 0.05) is 90.0 Å². The number of halogens is 1. The second-order valence-corrected chi connectivity index (χ2v) is 14.0. The van der Waals surface area contributed by atoms with Crippen molar-refractivity contribution in [3.05, 3.63) is 88.3 Å². The van der Waals surface area contributed by atoms with Crippen LogP contribution < -0.4 is 20.3 Å². The number of hydrogen-bond donors (Lipinski definition) is 5. The zero-order chi connectivity index (χ0) is 36.7. The number of thiophene rings is 1. The molecule has 15 heteroatoms. The van der Waals surface area contributed by atoms with E-state index in [1.54, 1.807) is 58.4 Å². The predicted molar refractivity (Wildman–Crippen MR) is 204 cm³/mol. The van der Waals surface area contributed by atoms with Crippen molar-refractivity contribution in [2.45, 2.75) is 12.8 Å². The van der Waals surface area contributed by atoms with Crippen molar-refractivity contribution in [3.8, 4) is 5.75 Å². The second-order valence-electron chi connectivity index (χ2n) is 12.8. The molecular formula is C37H36ClN7O6S. The van der Waals surface area contributed by atoms with Crippen molar-refractivity contribution in [1.82, 2.24) is 25.1 Å². The molecule has 2 aliphatic heterocycles. The first-order valence-electron chi connectivity index (χ1n) is 16.6. The second kappa shape index (κ2) is 14.2. The topological polar surface area (TPSA) is 163 Å². The summed E-state index contributed by atoms with van der Waals surface area (Å²) >= 11 is 8.02. The molecule has 2 aromatic carbocycles. The van der Waals surface area contributed by atoms with Gasteiger partial charge in [0.15, 0.2) is 5.75 Å². The highest BCUT2D eigenvalue weighted by molar-refractivity contribution is 7.17. The minimum atomic E-state index is -1.18. The molecule has 5 aromatic rings. The third-order valence-corrected chi connectivity index (χ3v) is 10.9. The number of aryl methyl sites for hydroxylation is 1. The first-order valence-corrected chi connectivity index (χ1v) is 18.0. The lowest BCUT2D eigenvalue weighted by Gasteiger charge is -2.31. The number of carboxylic acid groups (broad SMARTS) is 1. The number of benzene rings is 2. The summed E-state index contributed by atoms with van der Waals surface area (Å²) < 4.78 is 6.88. The molecule has 0 radical (unpaired) electrons. The molecule has 5 heterocycles. The number of H-pyrrole nitrogens is 2. The van der Waals surface area contributed by atoms with Crippen LogP contribution in [0.4, 0.5) is 21.0 Å². The summed E-state index contributed by atoms with van der Waals surface area (Å²) in [6.07, 6.45) is 3.13. The van der Waals surface area contributed by atoms with Gasteiger partial charge in [0.2, 0.25) is 0 Å². The van der Waals surface area contributed by atoms with Gasteiger partial charge < -0.3 is 39.8 Å². The number of aromatic nitrogens is 2. The van der Waals surface area contributed by atoms with E-state index in [0.29, 0.717) is 70.5 Å². The average molecular weight is 742 g/mol. The summed E-state index contributed by atoms with van der Waals surface area (Å²) in [6, 6.07) is 10.0. The molecule has 3 aromatic heterocycles. The smallest absolute Gasteiger partial charge is 0.415 e. The van der Waals surface area contributed by atoms with Crippen LogP contribution in [0.3, 0.4) is 0 Å². The summed E-state index contributed by atoms with van der Waals surface area (Å²) in [7, 11) is 2.02. The number of ether oxygens (including phenoxy) is 1. The van der Waals surface area contributed by atoms with E-state index in [-0.39, 0.29) is 17.5 Å². The Bertz CT molecular complexity index is 2280. The lowest BCUT2D eigenvalue weighted by molar-refractivity contribution is 0.0963. The maximum Gasteiger partial charge on any atom is 0.415 e. The van der Waals surface area contributed by atoms with Gasteiger partial charge >= 0.3 is 12.2 Å². The first kappa shape index (κ1) is 34.9. The molecule has 1 unspecified atom stereocenters. The normalized spacial score (nSPS) is 16.1. The fourth-order valence-electron chi connectivity index (χ4n) is 6.74. The Kier molecular flexibility index (Phi) is 9.53. The van der Waals surface area contributed by atoms with Gasteiger partial charge in [-0.1, -0.05) is 6.58 Å². The van der Waals surface area contributed by atoms with Crippen LogP contribution in [0.1, 0.15) is 49.3 Å². The number of rotatable bonds is 8. The molecule has 1 saturated heterocycles. The molecule has 52 heavy (non-hydrogen) atoms. The molecule has 0 spiro atoms. The van der Waals surface area contributed by atoms with Crippen LogP contribution in [-0.4, -0.2) is 94.5 Å². The van der Waals surface area contributed by atoms with E-state index in [4.69, 9.17) is 21.4 Å². The first-order chi connectivity index (χ1) is 25.0. The number of nitrogens with one attached hydrogen (secondary N) is 4. The molecule has 1 atom stereocenters. The Balaban J connectivity index is 1.12. The highest BCUT2D eigenvalue weighted by Gasteiger charge is 2.37. The maximum atomic E-state index is 14.2. The van der Waals surface area contributed by atoms with Gasteiger partial charge in [0.05, 0.1) is 10.4 Å². The van der Waals surface area contributed by atoms with Crippen molar-refractivity contribution >= 4 is 91.5 Å². The van der Waals surface area contributed by atoms with Crippen molar-refractivity contribution < 1.29 is 29.0 Å². The van der Waals surface area contributed by atoms with E-state index in [2.05, 4.69) is 32.1 Å². The maximum absolute atomic E-state index is 14.2. The lowest BCUT2D eigenvalue weighted by atomic mass is 9.97. The summed E-state index contributed by atoms with van der Waals surface area (Å²) in [4.78, 5) is 63.1. The van der Waals surface area contributed by atoms with E-state index in [0.717, 1.165) is 34.3 Å². The summed E-state index contributed by atoms with van der Waals surface area (Å²) in [5, 5.41) is 17.7. The summed E-state index contributed by atoms with van der Waals surface area (Å²) in [5.74, 6) is -0.124. The van der Waals surface area contributed by atoms with Crippen molar-refractivity contribution in [1.29, 1.82) is 0 Å². The quantitative estimate of drug-likeness (QED) is 0.108. The Labute approximate surface area is 307 Å². The molecule has 1 fully saturated rings. The SMILES string of the molecule is C=Cc1[nH]c(C(=O)N2CC(CCl)c3c2cc(OC(=O)N2CCN(C)CC2)c2scc(C)c32)cc1/C=C/NC(=O)c1cc2cc(NC(=O)O)ccc2[nH]1. The molecule has 4 amide bonds. The van der Waals surface area contributed by atoms with E-state index < -0.39 is 18.1 Å².